The van der Waals surface area contributed by atoms with E-state index in [1.165, 1.54) is 5.70 Å². The third kappa shape index (κ3) is 1.70. The first kappa shape index (κ1) is 11.3. The Morgan fingerprint density at radius 3 is 2.83 bits per heavy atom. The number of carbonyl (C=O) groups is 1. The minimum Gasteiger partial charge on any atom is -0.461 e. The summed E-state index contributed by atoms with van der Waals surface area (Å²) in [5.74, 6) is 0.293. The van der Waals surface area contributed by atoms with Crippen molar-refractivity contribution in [1.82, 2.24) is 4.90 Å². The average Bonchev–Trinajstić information content (AvgIpc) is 3.04. The van der Waals surface area contributed by atoms with Gasteiger partial charge in [0.05, 0.1) is 12.2 Å². The lowest BCUT2D eigenvalue weighted by Crippen LogP contribution is -2.23. The first-order valence-corrected chi connectivity index (χ1v) is 6.24. The van der Waals surface area contributed by atoms with Crippen molar-refractivity contribution in [2.75, 3.05) is 20.2 Å². The Labute approximate surface area is 107 Å². The normalized spacial score (nSPS) is 29.1. The molecule has 3 rings (SSSR count). The zero-order valence-electron chi connectivity index (χ0n) is 10.6. The zero-order chi connectivity index (χ0) is 12.8. The van der Waals surface area contributed by atoms with Crippen molar-refractivity contribution in [2.24, 2.45) is 11.3 Å². The predicted molar refractivity (Wildman–Crippen MR) is 69.0 cm³/mol. The van der Waals surface area contributed by atoms with E-state index in [9.17, 15) is 4.79 Å². The van der Waals surface area contributed by atoms with Gasteiger partial charge in [0.15, 0.2) is 0 Å². The summed E-state index contributed by atoms with van der Waals surface area (Å²) in [6.45, 7) is 5.54. The Hall–Kier alpha value is -1.77. The summed E-state index contributed by atoms with van der Waals surface area (Å²) in [5, 5.41) is 0. The van der Waals surface area contributed by atoms with Crippen molar-refractivity contribution in [1.29, 1.82) is 0 Å². The molecule has 2 fully saturated rings. The van der Waals surface area contributed by atoms with E-state index in [2.05, 4.69) is 18.5 Å². The number of benzene rings is 1. The molecule has 2 atom stereocenters. The highest BCUT2D eigenvalue weighted by Crippen LogP contribution is 2.61. The third-order valence-electron chi connectivity index (χ3n) is 4.13. The molecule has 94 valence electrons. The van der Waals surface area contributed by atoms with Crippen LogP contribution in [0, 0.1) is 11.3 Å². The quantitative estimate of drug-likeness (QED) is 0.763. The lowest BCUT2D eigenvalue weighted by Gasteiger charge is -2.18. The van der Waals surface area contributed by atoms with Gasteiger partial charge >= 0.3 is 5.97 Å². The van der Waals surface area contributed by atoms with Gasteiger partial charge in [0, 0.05) is 30.6 Å². The molecule has 1 saturated carbocycles. The van der Waals surface area contributed by atoms with Crippen molar-refractivity contribution in [3.05, 3.63) is 48.2 Å². The molecule has 0 amide bonds. The topological polar surface area (TPSA) is 29.5 Å². The van der Waals surface area contributed by atoms with Gasteiger partial charge in [-0.1, -0.05) is 24.8 Å². The van der Waals surface area contributed by atoms with Gasteiger partial charge in [0.1, 0.15) is 0 Å². The summed E-state index contributed by atoms with van der Waals surface area (Å²) in [6, 6.07) is 9.15. The molecule has 1 aliphatic carbocycles. The van der Waals surface area contributed by atoms with Crippen LogP contribution in [0.2, 0.25) is 0 Å². The molecular weight excluding hydrogens is 226 g/mol. The number of hydrogen-bond donors (Lipinski definition) is 0. The molecule has 1 aromatic rings. The van der Waals surface area contributed by atoms with Gasteiger partial charge in [-0.15, -0.1) is 0 Å². The first-order valence-electron chi connectivity index (χ1n) is 6.24. The molecule has 0 N–H and O–H groups in total. The minimum atomic E-state index is -0.226. The fraction of sp³-hybridized carbons (Fsp3) is 0.400. The summed E-state index contributed by atoms with van der Waals surface area (Å²) >= 11 is 0. The largest absolute Gasteiger partial charge is 0.461 e. The van der Waals surface area contributed by atoms with E-state index in [1.54, 1.807) is 12.1 Å². The van der Waals surface area contributed by atoms with Gasteiger partial charge < -0.3 is 9.64 Å². The number of hydrogen-bond acceptors (Lipinski definition) is 3. The van der Waals surface area contributed by atoms with Crippen LogP contribution in [0.25, 0.3) is 0 Å². The third-order valence-corrected chi connectivity index (χ3v) is 4.13. The Bertz CT molecular complexity index is 496. The molecular formula is C15H17NO2. The van der Waals surface area contributed by atoms with Gasteiger partial charge in [-0.3, -0.25) is 0 Å². The molecule has 0 unspecified atom stereocenters. The summed E-state index contributed by atoms with van der Waals surface area (Å²) in [5.41, 5.74) is 1.96. The van der Waals surface area contributed by atoms with Crippen molar-refractivity contribution in [3.63, 3.8) is 0 Å². The first-order chi connectivity index (χ1) is 8.62. The molecule has 0 aromatic heterocycles. The highest BCUT2D eigenvalue weighted by atomic mass is 16.5. The molecule has 1 saturated heterocycles. The maximum absolute atomic E-state index is 11.9. The molecule has 0 radical (unpaired) electrons. The van der Waals surface area contributed by atoms with Crippen LogP contribution in [-0.2, 0) is 4.74 Å². The highest BCUT2D eigenvalue weighted by molar-refractivity contribution is 5.89. The number of piperidine rings is 1. The lowest BCUT2D eigenvalue weighted by atomic mass is 10.1. The van der Waals surface area contributed by atoms with Crippen LogP contribution in [0.3, 0.4) is 0 Å². The van der Waals surface area contributed by atoms with Crippen molar-refractivity contribution < 1.29 is 9.53 Å². The van der Waals surface area contributed by atoms with Crippen LogP contribution in [0.4, 0.5) is 0 Å². The monoisotopic (exact) mass is 243 g/mol. The Balaban J connectivity index is 1.61. The molecule has 2 aliphatic rings. The molecule has 0 spiro atoms. The molecule has 0 bridgehead atoms. The Kier molecular flexibility index (Phi) is 2.44. The van der Waals surface area contributed by atoms with Crippen LogP contribution >= 0.6 is 0 Å². The molecule has 1 heterocycles. The smallest absolute Gasteiger partial charge is 0.338 e. The molecule has 3 heteroatoms. The van der Waals surface area contributed by atoms with E-state index in [0.29, 0.717) is 18.1 Å². The number of carbonyl (C=O) groups excluding carboxylic acids is 1. The standard InChI is InChI=1S/C15H17NO2/c1-11-13-8-15(13,9-16(11)2)10-18-14(17)12-6-4-3-5-7-12/h3-7,13H,1,8-10H2,2H3/t13-,15+/m1/s1. The van der Waals surface area contributed by atoms with Gasteiger partial charge in [-0.2, -0.15) is 0 Å². The summed E-state index contributed by atoms with van der Waals surface area (Å²) < 4.78 is 5.45. The summed E-state index contributed by atoms with van der Waals surface area (Å²) in [6.07, 6.45) is 1.11. The van der Waals surface area contributed by atoms with Gasteiger partial charge in [0.25, 0.3) is 0 Å². The maximum atomic E-state index is 11.9. The number of rotatable bonds is 3. The van der Waals surface area contributed by atoms with Crippen LogP contribution < -0.4 is 0 Å². The van der Waals surface area contributed by atoms with Crippen LogP contribution in [-0.4, -0.2) is 31.1 Å². The second-order valence-electron chi connectivity index (χ2n) is 5.41. The minimum absolute atomic E-state index is 0.149. The average molecular weight is 243 g/mol. The van der Waals surface area contributed by atoms with E-state index in [0.717, 1.165) is 13.0 Å². The van der Waals surface area contributed by atoms with E-state index >= 15 is 0 Å². The fourth-order valence-electron chi connectivity index (χ4n) is 2.91. The van der Waals surface area contributed by atoms with Crippen LogP contribution in [0.15, 0.2) is 42.6 Å². The number of allylic oxidation sites excluding steroid dienone is 1. The van der Waals surface area contributed by atoms with Crippen LogP contribution in [0.5, 0.6) is 0 Å². The summed E-state index contributed by atoms with van der Waals surface area (Å²) in [7, 11) is 2.05. The van der Waals surface area contributed by atoms with Gasteiger partial charge in [-0.25, -0.2) is 4.79 Å². The number of ether oxygens (including phenoxy) is 1. The Morgan fingerprint density at radius 1 is 1.50 bits per heavy atom. The second kappa shape index (κ2) is 3.87. The SMILES string of the molecule is C=C1[C@H]2C[C@@]2(COC(=O)c2ccccc2)CN1C. The van der Waals surface area contributed by atoms with E-state index in [1.807, 2.05) is 18.2 Å². The van der Waals surface area contributed by atoms with E-state index in [4.69, 9.17) is 4.74 Å². The van der Waals surface area contributed by atoms with Crippen LogP contribution in [0.1, 0.15) is 16.8 Å². The molecule has 18 heavy (non-hydrogen) atoms. The van der Waals surface area contributed by atoms with Crippen molar-refractivity contribution in [3.8, 4) is 0 Å². The maximum Gasteiger partial charge on any atom is 0.338 e. The van der Waals surface area contributed by atoms with Gasteiger partial charge in [0.2, 0.25) is 0 Å². The number of nitrogens with zero attached hydrogens (tertiary/aromatic N) is 1. The summed E-state index contributed by atoms with van der Waals surface area (Å²) in [4.78, 5) is 14.0. The zero-order valence-corrected chi connectivity index (χ0v) is 10.6. The molecule has 1 aromatic carbocycles. The fourth-order valence-corrected chi connectivity index (χ4v) is 2.91. The number of esters is 1. The van der Waals surface area contributed by atoms with Crippen molar-refractivity contribution in [2.45, 2.75) is 6.42 Å². The van der Waals surface area contributed by atoms with E-state index in [-0.39, 0.29) is 11.4 Å². The number of likely N-dealkylation sites (tertiary alicyclic amines) is 1. The van der Waals surface area contributed by atoms with Gasteiger partial charge in [-0.05, 0) is 18.6 Å². The second-order valence-corrected chi connectivity index (χ2v) is 5.41. The number of fused-ring (bicyclic) bond motifs is 1. The lowest BCUT2D eigenvalue weighted by molar-refractivity contribution is 0.0408. The predicted octanol–water partition coefficient (Wildman–Crippen LogP) is 2.31. The van der Waals surface area contributed by atoms with E-state index < -0.39 is 0 Å². The molecule has 3 nitrogen and oxygen atoms in total. The Morgan fingerprint density at radius 2 is 2.22 bits per heavy atom. The molecule has 1 aliphatic heterocycles. The van der Waals surface area contributed by atoms with Crippen molar-refractivity contribution >= 4 is 5.97 Å². The highest BCUT2D eigenvalue weighted by Gasteiger charge is 2.62.